The predicted octanol–water partition coefficient (Wildman–Crippen LogP) is 10.0. The molecule has 0 aliphatic rings. The Bertz CT molecular complexity index is 2290. The van der Waals surface area contributed by atoms with Gasteiger partial charge < -0.3 is 9.32 Å². The van der Waals surface area contributed by atoms with E-state index in [1.54, 1.807) is 12.1 Å². The molecule has 5 nitrogen and oxygen atoms in total. The topological polar surface area (TPSA) is 87.8 Å². The first-order chi connectivity index (χ1) is 21.7. The Morgan fingerprint density at radius 2 is 1.07 bits per heavy atom. The van der Waals surface area contributed by atoms with Gasteiger partial charge in [-0.1, -0.05) is 66.7 Å². The number of hydrogen-bond acceptors (Lipinski definition) is 5. The van der Waals surface area contributed by atoms with Crippen molar-refractivity contribution in [3.8, 4) is 40.5 Å². The molecule has 5 heteroatoms. The van der Waals surface area contributed by atoms with Crippen molar-refractivity contribution in [2.75, 3.05) is 4.90 Å². The van der Waals surface area contributed by atoms with Crippen molar-refractivity contribution < 1.29 is 4.42 Å². The minimum absolute atomic E-state index is 0.353. The monoisotopic (exact) mass is 562 g/mol. The summed E-state index contributed by atoms with van der Waals surface area (Å²) >= 11 is 0. The van der Waals surface area contributed by atoms with Crippen molar-refractivity contribution in [3.05, 3.63) is 150 Å². The van der Waals surface area contributed by atoms with Crippen molar-refractivity contribution >= 4 is 39.0 Å². The Morgan fingerprint density at radius 3 is 1.73 bits per heavy atom. The molecule has 1 heterocycles. The number of hydrogen-bond donors (Lipinski definition) is 0. The normalized spacial score (nSPS) is 10.7. The second-order valence-electron chi connectivity index (χ2n) is 10.4. The van der Waals surface area contributed by atoms with Gasteiger partial charge >= 0.3 is 0 Å². The van der Waals surface area contributed by atoms with Crippen LogP contribution in [0.1, 0.15) is 16.7 Å². The molecule has 0 amide bonds. The molecule has 0 bridgehead atoms. The highest BCUT2D eigenvalue weighted by atomic mass is 16.3. The molecule has 7 aromatic rings. The van der Waals surface area contributed by atoms with E-state index in [2.05, 4.69) is 71.6 Å². The number of benzene rings is 6. The van der Waals surface area contributed by atoms with Crippen LogP contribution in [0.5, 0.6) is 0 Å². The molecule has 7 rings (SSSR count). The zero-order valence-corrected chi connectivity index (χ0v) is 23.4. The predicted molar refractivity (Wildman–Crippen MR) is 173 cm³/mol. The molecule has 0 spiro atoms. The number of fused-ring (bicyclic) bond motifs is 3. The zero-order valence-electron chi connectivity index (χ0n) is 23.4. The number of furan rings is 1. The molecule has 0 fully saturated rings. The lowest BCUT2D eigenvalue weighted by Crippen LogP contribution is -2.09. The summed E-state index contributed by atoms with van der Waals surface area (Å²) in [6.45, 7) is 0. The van der Waals surface area contributed by atoms with Crippen LogP contribution in [-0.2, 0) is 0 Å². The number of para-hydroxylation sites is 2. The van der Waals surface area contributed by atoms with Gasteiger partial charge in [0.2, 0.25) is 0 Å². The molecular weight excluding hydrogens is 540 g/mol. The number of rotatable bonds is 5. The lowest BCUT2D eigenvalue weighted by Gasteiger charge is -2.26. The van der Waals surface area contributed by atoms with E-state index in [4.69, 9.17) is 4.42 Å². The highest BCUT2D eigenvalue weighted by molar-refractivity contribution is 6.09. The molecule has 44 heavy (non-hydrogen) atoms. The van der Waals surface area contributed by atoms with Gasteiger partial charge in [0.15, 0.2) is 0 Å². The average molecular weight is 563 g/mol. The number of nitriles is 3. The van der Waals surface area contributed by atoms with E-state index in [1.807, 2.05) is 72.8 Å². The van der Waals surface area contributed by atoms with Gasteiger partial charge in [0.1, 0.15) is 23.3 Å². The summed E-state index contributed by atoms with van der Waals surface area (Å²) in [5, 5.41) is 30.3. The highest BCUT2D eigenvalue weighted by Crippen LogP contribution is 2.39. The summed E-state index contributed by atoms with van der Waals surface area (Å²) in [6.07, 6.45) is 0. The minimum Gasteiger partial charge on any atom is -0.455 e. The Morgan fingerprint density at radius 1 is 0.477 bits per heavy atom. The van der Waals surface area contributed by atoms with Gasteiger partial charge in [0.05, 0.1) is 22.8 Å². The smallest absolute Gasteiger partial charge is 0.143 e. The van der Waals surface area contributed by atoms with E-state index in [9.17, 15) is 15.8 Å². The van der Waals surface area contributed by atoms with Crippen LogP contribution in [0.4, 0.5) is 17.1 Å². The van der Waals surface area contributed by atoms with E-state index < -0.39 is 0 Å². The summed E-state index contributed by atoms with van der Waals surface area (Å²) in [6, 6.07) is 49.9. The summed E-state index contributed by atoms with van der Waals surface area (Å²) < 4.78 is 6.28. The Labute approximate surface area is 254 Å². The quantitative estimate of drug-likeness (QED) is 0.208. The summed E-state index contributed by atoms with van der Waals surface area (Å²) in [5.74, 6) is 0. The van der Waals surface area contributed by atoms with Crippen molar-refractivity contribution in [3.63, 3.8) is 0 Å². The van der Waals surface area contributed by atoms with Gasteiger partial charge in [-0.15, -0.1) is 0 Å². The molecule has 0 aliphatic heterocycles. The average Bonchev–Trinajstić information content (AvgIpc) is 3.48. The van der Waals surface area contributed by atoms with E-state index in [1.165, 1.54) is 0 Å². The third-order valence-corrected chi connectivity index (χ3v) is 7.81. The molecule has 0 atom stereocenters. The van der Waals surface area contributed by atoms with Gasteiger partial charge in [-0.2, -0.15) is 15.8 Å². The van der Waals surface area contributed by atoms with Crippen LogP contribution in [0, 0.1) is 34.0 Å². The van der Waals surface area contributed by atoms with Crippen LogP contribution < -0.4 is 4.90 Å². The second kappa shape index (κ2) is 11.0. The Balaban J connectivity index is 1.28. The van der Waals surface area contributed by atoms with Gasteiger partial charge in [-0.3, -0.25) is 0 Å². The van der Waals surface area contributed by atoms with E-state index in [0.717, 1.165) is 61.3 Å². The van der Waals surface area contributed by atoms with Gasteiger partial charge in [0, 0.05) is 33.4 Å². The second-order valence-corrected chi connectivity index (χ2v) is 10.4. The third-order valence-electron chi connectivity index (χ3n) is 7.81. The fraction of sp³-hybridized carbons (Fsp3) is 0. The maximum Gasteiger partial charge on any atom is 0.143 e. The lowest BCUT2D eigenvalue weighted by molar-refractivity contribution is 0.670. The molecule has 1 aromatic heterocycles. The van der Waals surface area contributed by atoms with Crippen molar-refractivity contribution in [2.45, 2.75) is 0 Å². The largest absolute Gasteiger partial charge is 0.455 e. The molecule has 0 saturated carbocycles. The molecular formula is C39H22N4O. The first-order valence-electron chi connectivity index (χ1n) is 14.0. The van der Waals surface area contributed by atoms with Crippen LogP contribution in [0.3, 0.4) is 0 Å². The van der Waals surface area contributed by atoms with E-state index >= 15 is 0 Å². The molecule has 0 unspecified atom stereocenters. The highest BCUT2D eigenvalue weighted by Gasteiger charge is 2.16. The van der Waals surface area contributed by atoms with E-state index in [0.29, 0.717) is 16.7 Å². The maximum absolute atomic E-state index is 9.47. The molecule has 6 aromatic carbocycles. The molecule has 0 aliphatic carbocycles. The lowest BCUT2D eigenvalue weighted by atomic mass is 9.99. The van der Waals surface area contributed by atoms with E-state index in [-0.39, 0.29) is 0 Å². The summed E-state index contributed by atoms with van der Waals surface area (Å²) in [5.41, 5.74) is 9.70. The zero-order chi connectivity index (χ0) is 30.0. The molecule has 204 valence electrons. The van der Waals surface area contributed by atoms with Gasteiger partial charge in [-0.05, 0) is 83.4 Å². The first-order valence-corrected chi connectivity index (χ1v) is 14.0. The van der Waals surface area contributed by atoms with Crippen LogP contribution >= 0.6 is 0 Å². The SMILES string of the molecule is N#Cc1ccc(N(c2ccc(-c3ccc(C#N)c(C#N)c3)cc2)c2ccc(-c3cccc4c3oc3ccccc34)cc2)cc1. The number of nitrogens with zero attached hydrogens (tertiary/aromatic N) is 4. The Kier molecular flexibility index (Phi) is 6.57. The first kappa shape index (κ1) is 26.3. The van der Waals surface area contributed by atoms with Crippen molar-refractivity contribution in [1.29, 1.82) is 15.8 Å². The molecule has 0 radical (unpaired) electrons. The van der Waals surface area contributed by atoms with Gasteiger partial charge in [-0.25, -0.2) is 0 Å². The fourth-order valence-corrected chi connectivity index (χ4v) is 5.61. The van der Waals surface area contributed by atoms with Crippen molar-refractivity contribution in [2.24, 2.45) is 0 Å². The van der Waals surface area contributed by atoms with Crippen LogP contribution in [0.25, 0.3) is 44.2 Å². The third kappa shape index (κ3) is 4.60. The van der Waals surface area contributed by atoms with Gasteiger partial charge in [0.25, 0.3) is 0 Å². The van der Waals surface area contributed by atoms with Crippen molar-refractivity contribution in [1.82, 2.24) is 0 Å². The fourth-order valence-electron chi connectivity index (χ4n) is 5.61. The van der Waals surface area contributed by atoms with Crippen LogP contribution in [0.2, 0.25) is 0 Å². The Hall–Kier alpha value is -6.61. The molecule has 0 N–H and O–H groups in total. The molecule has 0 saturated heterocycles. The number of anilines is 3. The summed E-state index contributed by atoms with van der Waals surface area (Å²) in [7, 11) is 0. The summed E-state index contributed by atoms with van der Waals surface area (Å²) in [4.78, 5) is 2.13. The standard InChI is InChI=1S/C39H22N4O/c40-23-26-8-16-32(17-9-26)43(33-18-12-27(13-19-33)29-10-11-30(24-41)31(22-29)25-42)34-20-14-28(15-21-34)35-5-3-6-37-36-4-1-2-7-38(36)44-39(35)37/h1-22H. The maximum atomic E-state index is 9.47. The van der Waals surface area contributed by atoms with Crippen LogP contribution in [-0.4, -0.2) is 0 Å². The van der Waals surface area contributed by atoms with Crippen LogP contribution in [0.15, 0.2) is 138 Å². The minimum atomic E-state index is 0.353.